The summed E-state index contributed by atoms with van der Waals surface area (Å²) in [7, 11) is 0. The van der Waals surface area contributed by atoms with E-state index in [4.69, 9.17) is 0 Å². The van der Waals surface area contributed by atoms with Gasteiger partial charge in [0.25, 0.3) is 0 Å². The molecule has 0 bridgehead atoms. The molecule has 0 atom stereocenters. The van der Waals surface area contributed by atoms with Crippen molar-refractivity contribution in [1.29, 1.82) is 0 Å². The minimum Gasteiger partial charge on any atom is -0.316 e. The van der Waals surface area contributed by atoms with Crippen LogP contribution in [0.25, 0.3) is 0 Å². The molecule has 0 aliphatic carbocycles. The number of likely N-dealkylation sites (N-methyl/N-ethyl adjacent to an activating group) is 1. The standard InChI is InChI=1S/C10H19N3S/c1-4-11-5-6-12-7-10-8(2)13-9(3)14-10/h11-12H,4-7H2,1-3H3. The van der Waals surface area contributed by atoms with Crippen LogP contribution in [0, 0.1) is 13.8 Å². The third-order valence-corrected chi connectivity index (χ3v) is 3.09. The Hall–Kier alpha value is -0.450. The number of aryl methyl sites for hydroxylation is 2. The molecule has 0 amide bonds. The van der Waals surface area contributed by atoms with Crippen LogP contribution < -0.4 is 10.6 Å². The van der Waals surface area contributed by atoms with Gasteiger partial charge in [0, 0.05) is 24.5 Å². The SMILES string of the molecule is CCNCCNCc1sc(C)nc1C. The van der Waals surface area contributed by atoms with Crippen LogP contribution in [-0.4, -0.2) is 24.6 Å². The van der Waals surface area contributed by atoms with Crippen molar-refractivity contribution in [3.8, 4) is 0 Å². The van der Waals surface area contributed by atoms with Gasteiger partial charge in [0.15, 0.2) is 0 Å². The summed E-state index contributed by atoms with van der Waals surface area (Å²) in [4.78, 5) is 5.75. The smallest absolute Gasteiger partial charge is 0.0900 e. The lowest BCUT2D eigenvalue weighted by Gasteiger charge is -2.03. The fourth-order valence-electron chi connectivity index (χ4n) is 1.29. The Morgan fingerprint density at radius 2 is 1.93 bits per heavy atom. The molecule has 1 rings (SSSR count). The Morgan fingerprint density at radius 1 is 1.21 bits per heavy atom. The van der Waals surface area contributed by atoms with Gasteiger partial charge in [0.05, 0.1) is 10.7 Å². The lowest BCUT2D eigenvalue weighted by molar-refractivity contribution is 0.627. The number of thiazole rings is 1. The fourth-order valence-corrected chi connectivity index (χ4v) is 2.20. The number of rotatable bonds is 6. The molecule has 0 fully saturated rings. The van der Waals surface area contributed by atoms with E-state index in [2.05, 4.69) is 36.4 Å². The molecule has 0 saturated heterocycles. The second-order valence-electron chi connectivity index (χ2n) is 3.27. The Morgan fingerprint density at radius 3 is 2.50 bits per heavy atom. The minimum absolute atomic E-state index is 0.947. The summed E-state index contributed by atoms with van der Waals surface area (Å²) in [5, 5.41) is 7.84. The number of hydrogen-bond donors (Lipinski definition) is 2. The van der Waals surface area contributed by atoms with Crippen LogP contribution in [0.1, 0.15) is 22.5 Å². The number of nitrogens with zero attached hydrogens (tertiary/aromatic N) is 1. The van der Waals surface area contributed by atoms with E-state index in [1.807, 2.05) is 0 Å². The maximum atomic E-state index is 4.39. The molecule has 1 aromatic heterocycles. The second kappa shape index (κ2) is 6.11. The van der Waals surface area contributed by atoms with Gasteiger partial charge < -0.3 is 10.6 Å². The van der Waals surface area contributed by atoms with Crippen molar-refractivity contribution in [3.05, 3.63) is 15.6 Å². The predicted octanol–water partition coefficient (Wildman–Crippen LogP) is 1.46. The van der Waals surface area contributed by atoms with Crippen LogP contribution >= 0.6 is 11.3 Å². The van der Waals surface area contributed by atoms with Gasteiger partial charge in [-0.3, -0.25) is 0 Å². The van der Waals surface area contributed by atoms with Crippen LogP contribution in [0.15, 0.2) is 0 Å². The van der Waals surface area contributed by atoms with Crippen molar-refractivity contribution >= 4 is 11.3 Å². The zero-order chi connectivity index (χ0) is 10.4. The maximum absolute atomic E-state index is 4.39. The first-order valence-corrected chi connectivity index (χ1v) is 5.90. The highest BCUT2D eigenvalue weighted by atomic mass is 32.1. The summed E-state index contributed by atoms with van der Waals surface area (Å²) in [5.74, 6) is 0. The lowest BCUT2D eigenvalue weighted by Crippen LogP contribution is -2.26. The molecule has 0 saturated carbocycles. The van der Waals surface area contributed by atoms with E-state index in [1.54, 1.807) is 11.3 Å². The van der Waals surface area contributed by atoms with E-state index in [1.165, 1.54) is 10.6 Å². The summed E-state index contributed by atoms with van der Waals surface area (Å²) in [6.07, 6.45) is 0. The molecule has 0 aromatic carbocycles. The number of aromatic nitrogens is 1. The molecule has 1 heterocycles. The van der Waals surface area contributed by atoms with E-state index >= 15 is 0 Å². The molecule has 0 spiro atoms. The Bertz CT molecular complexity index is 270. The second-order valence-corrected chi connectivity index (χ2v) is 4.56. The third kappa shape index (κ3) is 3.74. The van der Waals surface area contributed by atoms with Gasteiger partial charge in [-0.25, -0.2) is 4.98 Å². The van der Waals surface area contributed by atoms with E-state index in [0.717, 1.165) is 31.2 Å². The highest BCUT2D eigenvalue weighted by Gasteiger charge is 2.02. The van der Waals surface area contributed by atoms with Crippen molar-refractivity contribution in [3.63, 3.8) is 0 Å². The van der Waals surface area contributed by atoms with Gasteiger partial charge in [-0.2, -0.15) is 0 Å². The third-order valence-electron chi connectivity index (χ3n) is 2.01. The van der Waals surface area contributed by atoms with Crippen molar-refractivity contribution in [2.45, 2.75) is 27.3 Å². The predicted molar refractivity (Wildman–Crippen MR) is 61.8 cm³/mol. The molecule has 14 heavy (non-hydrogen) atoms. The minimum atomic E-state index is 0.947. The van der Waals surface area contributed by atoms with Crippen molar-refractivity contribution in [2.75, 3.05) is 19.6 Å². The van der Waals surface area contributed by atoms with Gasteiger partial charge in [0.2, 0.25) is 0 Å². The van der Waals surface area contributed by atoms with Crippen LogP contribution in [0.3, 0.4) is 0 Å². The van der Waals surface area contributed by atoms with Crippen LogP contribution in [0.5, 0.6) is 0 Å². The lowest BCUT2D eigenvalue weighted by atomic mass is 10.4. The van der Waals surface area contributed by atoms with Gasteiger partial charge in [-0.1, -0.05) is 6.92 Å². The maximum Gasteiger partial charge on any atom is 0.0900 e. The van der Waals surface area contributed by atoms with E-state index in [0.29, 0.717) is 0 Å². The normalized spacial score (nSPS) is 10.8. The monoisotopic (exact) mass is 213 g/mol. The van der Waals surface area contributed by atoms with Crippen molar-refractivity contribution in [2.24, 2.45) is 0 Å². The first-order valence-electron chi connectivity index (χ1n) is 5.08. The molecular weight excluding hydrogens is 194 g/mol. The molecule has 0 aliphatic heterocycles. The zero-order valence-electron chi connectivity index (χ0n) is 9.18. The van der Waals surface area contributed by atoms with E-state index in [-0.39, 0.29) is 0 Å². The zero-order valence-corrected chi connectivity index (χ0v) is 10.0. The molecule has 0 unspecified atom stereocenters. The van der Waals surface area contributed by atoms with Gasteiger partial charge >= 0.3 is 0 Å². The quantitative estimate of drug-likeness (QED) is 0.703. The molecule has 3 nitrogen and oxygen atoms in total. The largest absolute Gasteiger partial charge is 0.316 e. The van der Waals surface area contributed by atoms with Gasteiger partial charge in [0.1, 0.15) is 0 Å². The average Bonchev–Trinajstić information content (AvgIpc) is 2.45. The molecule has 0 aliphatic rings. The Labute approximate surface area is 89.9 Å². The van der Waals surface area contributed by atoms with Gasteiger partial charge in [-0.15, -0.1) is 11.3 Å². The van der Waals surface area contributed by atoms with Crippen LogP contribution in [-0.2, 0) is 6.54 Å². The van der Waals surface area contributed by atoms with E-state index < -0.39 is 0 Å². The Balaban J connectivity index is 2.21. The molecule has 80 valence electrons. The van der Waals surface area contributed by atoms with Crippen LogP contribution in [0.4, 0.5) is 0 Å². The molecule has 4 heteroatoms. The fraction of sp³-hybridized carbons (Fsp3) is 0.700. The van der Waals surface area contributed by atoms with Gasteiger partial charge in [-0.05, 0) is 20.4 Å². The summed E-state index contributed by atoms with van der Waals surface area (Å²) in [5.41, 5.74) is 1.17. The summed E-state index contributed by atoms with van der Waals surface area (Å²) >= 11 is 1.78. The molecular formula is C10H19N3S. The first-order chi connectivity index (χ1) is 6.74. The molecule has 0 radical (unpaired) electrons. The Kier molecular flexibility index (Phi) is 5.07. The highest BCUT2D eigenvalue weighted by molar-refractivity contribution is 7.11. The van der Waals surface area contributed by atoms with Crippen molar-refractivity contribution < 1.29 is 0 Å². The average molecular weight is 213 g/mol. The summed E-state index contributed by atoms with van der Waals surface area (Å²) < 4.78 is 0. The number of hydrogen-bond acceptors (Lipinski definition) is 4. The molecule has 2 N–H and O–H groups in total. The highest BCUT2D eigenvalue weighted by Crippen LogP contribution is 2.16. The van der Waals surface area contributed by atoms with Crippen LogP contribution in [0.2, 0.25) is 0 Å². The summed E-state index contributed by atoms with van der Waals surface area (Å²) in [6, 6.07) is 0. The topological polar surface area (TPSA) is 37.0 Å². The first kappa shape index (κ1) is 11.6. The van der Waals surface area contributed by atoms with Crippen molar-refractivity contribution in [1.82, 2.24) is 15.6 Å². The molecule has 1 aromatic rings. The summed E-state index contributed by atoms with van der Waals surface area (Å²) in [6.45, 7) is 10.3. The van der Waals surface area contributed by atoms with E-state index in [9.17, 15) is 0 Å². The number of nitrogens with one attached hydrogen (secondary N) is 2.